The monoisotopic (exact) mass is 298 g/mol. The Morgan fingerprint density at radius 2 is 2.14 bits per heavy atom. The van der Waals surface area contributed by atoms with Gasteiger partial charge in [-0.25, -0.2) is 0 Å². The van der Waals surface area contributed by atoms with Crippen LogP contribution in [0, 0.1) is 0 Å². The van der Waals surface area contributed by atoms with Gasteiger partial charge in [0.2, 0.25) is 0 Å². The third-order valence-corrected chi connectivity index (χ3v) is 4.34. The largest absolute Gasteiger partial charge is 0.497 e. The molecule has 0 bridgehead atoms. The third-order valence-electron chi connectivity index (χ3n) is 4.34. The third kappa shape index (κ3) is 3.29. The fourth-order valence-corrected chi connectivity index (χ4v) is 3.18. The SMILES string of the molecule is COc1cccc(C(O)CN2CCCC2c2ccncc2)c1. The molecule has 22 heavy (non-hydrogen) atoms. The van der Waals surface area contributed by atoms with E-state index in [2.05, 4.69) is 22.0 Å². The van der Waals surface area contributed by atoms with Gasteiger partial charge in [0, 0.05) is 25.0 Å². The number of aliphatic hydroxyl groups excluding tert-OH is 1. The van der Waals surface area contributed by atoms with Gasteiger partial charge in [0.15, 0.2) is 0 Å². The predicted molar refractivity (Wildman–Crippen MR) is 85.7 cm³/mol. The zero-order valence-corrected chi connectivity index (χ0v) is 12.9. The molecule has 1 aromatic carbocycles. The van der Waals surface area contributed by atoms with Crippen LogP contribution in [0.4, 0.5) is 0 Å². The second kappa shape index (κ2) is 6.90. The maximum atomic E-state index is 10.6. The van der Waals surface area contributed by atoms with Crippen molar-refractivity contribution < 1.29 is 9.84 Å². The molecule has 0 radical (unpaired) electrons. The molecule has 3 rings (SSSR count). The number of hydrogen-bond donors (Lipinski definition) is 1. The number of aromatic nitrogens is 1. The van der Waals surface area contributed by atoms with Crippen molar-refractivity contribution in [3.05, 3.63) is 59.9 Å². The van der Waals surface area contributed by atoms with Crippen molar-refractivity contribution in [2.24, 2.45) is 0 Å². The topological polar surface area (TPSA) is 45.6 Å². The molecule has 0 aliphatic carbocycles. The average Bonchev–Trinajstić information content (AvgIpc) is 3.04. The lowest BCUT2D eigenvalue weighted by Gasteiger charge is -2.27. The van der Waals surface area contributed by atoms with Gasteiger partial charge in [-0.1, -0.05) is 12.1 Å². The summed E-state index contributed by atoms with van der Waals surface area (Å²) in [6, 6.07) is 12.2. The van der Waals surface area contributed by atoms with Crippen LogP contribution in [0.1, 0.15) is 36.1 Å². The Labute approximate surface area is 131 Å². The van der Waals surface area contributed by atoms with Gasteiger partial charge in [-0.2, -0.15) is 0 Å². The van der Waals surface area contributed by atoms with E-state index in [1.165, 1.54) is 5.56 Å². The van der Waals surface area contributed by atoms with Crippen LogP contribution >= 0.6 is 0 Å². The minimum atomic E-state index is -0.502. The molecule has 2 heterocycles. The Morgan fingerprint density at radius 1 is 1.32 bits per heavy atom. The molecular weight excluding hydrogens is 276 g/mol. The van der Waals surface area contributed by atoms with Crippen molar-refractivity contribution in [2.45, 2.75) is 25.0 Å². The van der Waals surface area contributed by atoms with E-state index in [9.17, 15) is 5.11 Å². The van der Waals surface area contributed by atoms with Crippen molar-refractivity contribution >= 4 is 0 Å². The molecular formula is C18H22N2O2. The summed E-state index contributed by atoms with van der Waals surface area (Å²) in [6.45, 7) is 1.66. The Balaban J connectivity index is 1.71. The summed E-state index contributed by atoms with van der Waals surface area (Å²) in [5.74, 6) is 0.781. The lowest BCUT2D eigenvalue weighted by molar-refractivity contribution is 0.106. The minimum absolute atomic E-state index is 0.378. The fraction of sp³-hybridized carbons (Fsp3) is 0.389. The van der Waals surface area contributed by atoms with Gasteiger partial charge < -0.3 is 9.84 Å². The summed E-state index contributed by atoms with van der Waals surface area (Å²) >= 11 is 0. The predicted octanol–water partition coefficient (Wildman–Crippen LogP) is 2.96. The van der Waals surface area contributed by atoms with E-state index in [4.69, 9.17) is 4.74 Å². The van der Waals surface area contributed by atoms with Crippen LogP contribution in [0.3, 0.4) is 0 Å². The molecule has 0 spiro atoms. The highest BCUT2D eigenvalue weighted by Gasteiger charge is 2.27. The molecule has 0 amide bonds. The van der Waals surface area contributed by atoms with Crippen molar-refractivity contribution in [3.63, 3.8) is 0 Å². The van der Waals surface area contributed by atoms with Gasteiger partial charge in [0.05, 0.1) is 13.2 Å². The second-order valence-electron chi connectivity index (χ2n) is 5.73. The first-order valence-corrected chi connectivity index (χ1v) is 7.74. The molecule has 1 aliphatic rings. The number of likely N-dealkylation sites (tertiary alicyclic amines) is 1. The van der Waals surface area contributed by atoms with Crippen molar-refractivity contribution in [3.8, 4) is 5.75 Å². The van der Waals surface area contributed by atoms with Crippen LogP contribution in [0.25, 0.3) is 0 Å². The van der Waals surface area contributed by atoms with E-state index < -0.39 is 6.10 Å². The van der Waals surface area contributed by atoms with E-state index in [0.717, 1.165) is 30.7 Å². The molecule has 4 nitrogen and oxygen atoms in total. The maximum absolute atomic E-state index is 10.6. The van der Waals surface area contributed by atoms with Crippen molar-refractivity contribution in [1.82, 2.24) is 9.88 Å². The van der Waals surface area contributed by atoms with E-state index in [-0.39, 0.29) is 0 Å². The molecule has 1 aliphatic heterocycles. The van der Waals surface area contributed by atoms with E-state index in [1.807, 2.05) is 36.7 Å². The maximum Gasteiger partial charge on any atom is 0.119 e. The number of ether oxygens (including phenoxy) is 1. The van der Waals surface area contributed by atoms with Gasteiger partial charge in [-0.05, 0) is 54.8 Å². The van der Waals surface area contributed by atoms with Crippen LogP contribution < -0.4 is 4.74 Å². The fourth-order valence-electron chi connectivity index (χ4n) is 3.18. The van der Waals surface area contributed by atoms with Gasteiger partial charge in [-0.15, -0.1) is 0 Å². The first-order chi connectivity index (χ1) is 10.8. The molecule has 1 saturated heterocycles. The molecule has 4 heteroatoms. The Bertz CT molecular complexity index is 603. The van der Waals surface area contributed by atoms with E-state index in [0.29, 0.717) is 12.6 Å². The highest BCUT2D eigenvalue weighted by Crippen LogP contribution is 2.33. The van der Waals surface area contributed by atoms with Crippen LogP contribution in [0.5, 0.6) is 5.75 Å². The Hall–Kier alpha value is -1.91. The molecule has 1 aromatic heterocycles. The van der Waals surface area contributed by atoms with Crippen LogP contribution in [0.15, 0.2) is 48.8 Å². The Morgan fingerprint density at radius 3 is 2.91 bits per heavy atom. The van der Waals surface area contributed by atoms with E-state index in [1.54, 1.807) is 7.11 Å². The number of pyridine rings is 1. The molecule has 1 fully saturated rings. The summed E-state index contributed by atoms with van der Waals surface area (Å²) in [5, 5.41) is 10.6. The van der Waals surface area contributed by atoms with Gasteiger partial charge in [0.1, 0.15) is 5.75 Å². The molecule has 2 unspecified atom stereocenters. The summed E-state index contributed by atoms with van der Waals surface area (Å²) in [7, 11) is 1.64. The number of hydrogen-bond acceptors (Lipinski definition) is 4. The number of rotatable bonds is 5. The number of β-amino-alcohol motifs (C(OH)–C–C–N with tert-alkyl or cyclic N) is 1. The normalized spacial score (nSPS) is 20.0. The smallest absolute Gasteiger partial charge is 0.119 e. The van der Waals surface area contributed by atoms with E-state index >= 15 is 0 Å². The minimum Gasteiger partial charge on any atom is -0.497 e. The molecule has 2 atom stereocenters. The summed E-state index contributed by atoms with van der Waals surface area (Å²) < 4.78 is 5.23. The quantitative estimate of drug-likeness (QED) is 0.922. The summed E-state index contributed by atoms with van der Waals surface area (Å²) in [5.41, 5.74) is 2.19. The molecule has 0 saturated carbocycles. The van der Waals surface area contributed by atoms with Crippen LogP contribution in [0.2, 0.25) is 0 Å². The number of methoxy groups -OCH3 is 1. The molecule has 1 N–H and O–H groups in total. The lowest BCUT2D eigenvalue weighted by atomic mass is 10.0. The number of aliphatic hydroxyl groups is 1. The second-order valence-corrected chi connectivity index (χ2v) is 5.73. The van der Waals surface area contributed by atoms with Crippen LogP contribution in [-0.4, -0.2) is 35.2 Å². The van der Waals surface area contributed by atoms with Gasteiger partial charge in [-0.3, -0.25) is 9.88 Å². The number of nitrogens with zero attached hydrogens (tertiary/aromatic N) is 2. The molecule has 2 aromatic rings. The highest BCUT2D eigenvalue weighted by atomic mass is 16.5. The molecule has 116 valence electrons. The zero-order chi connectivity index (χ0) is 15.4. The standard InChI is InChI=1S/C18H22N2O2/c1-22-16-5-2-4-15(12-16)18(21)13-20-11-3-6-17(20)14-7-9-19-10-8-14/h2,4-5,7-10,12,17-18,21H,3,6,11,13H2,1H3. The number of benzene rings is 1. The average molecular weight is 298 g/mol. The van der Waals surface area contributed by atoms with Crippen molar-refractivity contribution in [2.75, 3.05) is 20.2 Å². The highest BCUT2D eigenvalue weighted by molar-refractivity contribution is 5.30. The summed E-state index contributed by atoms with van der Waals surface area (Å²) in [4.78, 5) is 6.45. The lowest BCUT2D eigenvalue weighted by Crippen LogP contribution is -2.28. The van der Waals surface area contributed by atoms with Crippen molar-refractivity contribution in [1.29, 1.82) is 0 Å². The van der Waals surface area contributed by atoms with Gasteiger partial charge >= 0.3 is 0 Å². The Kier molecular flexibility index (Phi) is 4.71. The van der Waals surface area contributed by atoms with Crippen LogP contribution in [-0.2, 0) is 0 Å². The first-order valence-electron chi connectivity index (χ1n) is 7.74. The first kappa shape index (κ1) is 15.0. The summed E-state index contributed by atoms with van der Waals surface area (Å²) in [6.07, 6.45) is 5.47. The zero-order valence-electron chi connectivity index (χ0n) is 12.9. The van der Waals surface area contributed by atoms with Gasteiger partial charge in [0.25, 0.3) is 0 Å².